The van der Waals surface area contributed by atoms with E-state index in [0.717, 1.165) is 9.88 Å². The number of aromatic nitrogens is 1. The molecular weight excluding hydrogens is 366 g/mol. The highest BCUT2D eigenvalue weighted by Gasteiger charge is 2.33. The molecule has 1 fully saturated rings. The number of amides is 2. The number of carbonyl (C=O) groups excluding carboxylic acids is 2. The van der Waals surface area contributed by atoms with Crippen LogP contribution in [0, 0.1) is 0 Å². The van der Waals surface area contributed by atoms with Crippen LogP contribution in [0.5, 0.6) is 0 Å². The highest BCUT2D eigenvalue weighted by molar-refractivity contribution is 7.23. The molecule has 0 aliphatic carbocycles. The second kappa shape index (κ2) is 7.21. The predicted octanol–water partition coefficient (Wildman–Crippen LogP) is 3.19. The molecule has 1 N–H and O–H groups in total. The Morgan fingerprint density at radius 1 is 1.50 bits per heavy atom. The Morgan fingerprint density at radius 2 is 2.29 bits per heavy atom. The SMILES string of the molecule is CC(C)N1CCC(NC(=O)Cc2csc(-c3ccc(Cl)s3)n2)C1=O. The van der Waals surface area contributed by atoms with Gasteiger partial charge in [0.1, 0.15) is 11.0 Å². The van der Waals surface area contributed by atoms with Crippen LogP contribution in [-0.4, -0.2) is 40.3 Å². The predicted molar refractivity (Wildman–Crippen MR) is 97.5 cm³/mol. The van der Waals surface area contributed by atoms with Crippen molar-refractivity contribution in [1.29, 1.82) is 0 Å². The van der Waals surface area contributed by atoms with Crippen LogP contribution in [0.25, 0.3) is 9.88 Å². The lowest BCUT2D eigenvalue weighted by atomic mass is 10.2. The van der Waals surface area contributed by atoms with Gasteiger partial charge in [0.25, 0.3) is 0 Å². The quantitative estimate of drug-likeness (QED) is 0.862. The average molecular weight is 384 g/mol. The molecule has 0 radical (unpaired) electrons. The van der Waals surface area contributed by atoms with Crippen LogP contribution in [-0.2, 0) is 16.0 Å². The monoisotopic (exact) mass is 383 g/mol. The van der Waals surface area contributed by atoms with Gasteiger partial charge in [0, 0.05) is 18.0 Å². The summed E-state index contributed by atoms with van der Waals surface area (Å²) in [6, 6.07) is 3.52. The summed E-state index contributed by atoms with van der Waals surface area (Å²) >= 11 is 8.90. The van der Waals surface area contributed by atoms with E-state index in [-0.39, 0.29) is 24.3 Å². The molecule has 0 bridgehead atoms. The van der Waals surface area contributed by atoms with E-state index in [9.17, 15) is 9.59 Å². The van der Waals surface area contributed by atoms with E-state index in [4.69, 9.17) is 11.6 Å². The number of hydrogen-bond acceptors (Lipinski definition) is 5. The first-order valence-corrected chi connectivity index (χ1v) is 9.81. The van der Waals surface area contributed by atoms with E-state index in [1.165, 1.54) is 22.7 Å². The molecule has 24 heavy (non-hydrogen) atoms. The third-order valence-electron chi connectivity index (χ3n) is 3.88. The molecule has 0 saturated carbocycles. The van der Waals surface area contributed by atoms with Crippen LogP contribution in [0.15, 0.2) is 17.5 Å². The van der Waals surface area contributed by atoms with Crippen molar-refractivity contribution in [3.8, 4) is 9.88 Å². The van der Waals surface area contributed by atoms with Crippen molar-refractivity contribution >= 4 is 46.1 Å². The Labute approximate surface area is 153 Å². The first kappa shape index (κ1) is 17.4. The molecule has 1 aliphatic heterocycles. The van der Waals surface area contributed by atoms with E-state index in [2.05, 4.69) is 10.3 Å². The zero-order chi connectivity index (χ0) is 17.3. The first-order chi connectivity index (χ1) is 11.4. The van der Waals surface area contributed by atoms with E-state index >= 15 is 0 Å². The molecule has 2 amide bonds. The maximum absolute atomic E-state index is 12.2. The van der Waals surface area contributed by atoms with Gasteiger partial charge in [0.2, 0.25) is 11.8 Å². The highest BCUT2D eigenvalue weighted by Crippen LogP contribution is 2.32. The number of thiophene rings is 1. The molecule has 1 saturated heterocycles. The van der Waals surface area contributed by atoms with Crippen molar-refractivity contribution in [2.24, 2.45) is 0 Å². The first-order valence-electron chi connectivity index (χ1n) is 7.74. The fraction of sp³-hybridized carbons (Fsp3) is 0.438. The number of nitrogens with zero attached hydrogens (tertiary/aromatic N) is 2. The van der Waals surface area contributed by atoms with Crippen LogP contribution in [0.2, 0.25) is 4.34 Å². The zero-order valence-corrected chi connectivity index (χ0v) is 15.8. The lowest BCUT2D eigenvalue weighted by molar-refractivity contribution is -0.133. The van der Waals surface area contributed by atoms with Gasteiger partial charge in [-0.2, -0.15) is 0 Å². The molecule has 1 unspecified atom stereocenters. The summed E-state index contributed by atoms with van der Waals surface area (Å²) in [6.45, 7) is 4.66. The van der Waals surface area contributed by atoms with E-state index in [1.807, 2.05) is 31.4 Å². The summed E-state index contributed by atoms with van der Waals surface area (Å²) < 4.78 is 0.717. The summed E-state index contributed by atoms with van der Waals surface area (Å²) in [5.74, 6) is -0.162. The number of nitrogens with one attached hydrogen (secondary N) is 1. The third-order valence-corrected chi connectivity index (χ3v) is 6.17. The molecule has 5 nitrogen and oxygen atoms in total. The second-order valence-electron chi connectivity index (χ2n) is 5.96. The van der Waals surface area contributed by atoms with E-state index in [1.54, 1.807) is 4.90 Å². The van der Waals surface area contributed by atoms with Crippen molar-refractivity contribution in [2.75, 3.05) is 6.54 Å². The topological polar surface area (TPSA) is 62.3 Å². The van der Waals surface area contributed by atoms with Crippen LogP contribution in [0.1, 0.15) is 26.0 Å². The molecule has 128 valence electrons. The number of thiazole rings is 1. The molecular formula is C16H18ClN3O2S2. The Balaban J connectivity index is 1.58. The van der Waals surface area contributed by atoms with E-state index in [0.29, 0.717) is 23.0 Å². The standard InChI is InChI=1S/C16H18ClN3O2S2/c1-9(2)20-6-5-11(16(20)22)19-14(21)7-10-8-23-15(18-10)12-3-4-13(17)24-12/h3-4,8-9,11H,5-7H2,1-2H3,(H,19,21). The summed E-state index contributed by atoms with van der Waals surface area (Å²) in [5.41, 5.74) is 0.711. The summed E-state index contributed by atoms with van der Waals surface area (Å²) in [7, 11) is 0. The lowest BCUT2D eigenvalue weighted by Gasteiger charge is -2.21. The highest BCUT2D eigenvalue weighted by atomic mass is 35.5. The zero-order valence-electron chi connectivity index (χ0n) is 13.4. The van der Waals surface area contributed by atoms with Crippen molar-refractivity contribution in [3.05, 3.63) is 27.5 Å². The minimum absolute atomic E-state index is 0.00513. The molecule has 1 atom stereocenters. The molecule has 1 aliphatic rings. The minimum atomic E-state index is -0.408. The fourth-order valence-electron chi connectivity index (χ4n) is 2.69. The van der Waals surface area contributed by atoms with E-state index < -0.39 is 6.04 Å². The lowest BCUT2D eigenvalue weighted by Crippen LogP contribution is -2.43. The van der Waals surface area contributed by atoms with Crippen molar-refractivity contribution < 1.29 is 9.59 Å². The molecule has 3 heterocycles. The smallest absolute Gasteiger partial charge is 0.245 e. The molecule has 2 aromatic rings. The molecule has 3 rings (SSSR count). The van der Waals surface area contributed by atoms with Crippen LogP contribution >= 0.6 is 34.3 Å². The van der Waals surface area contributed by atoms with Crippen LogP contribution < -0.4 is 5.32 Å². The minimum Gasteiger partial charge on any atom is -0.344 e. The maximum atomic E-state index is 12.2. The Hall–Kier alpha value is -1.44. The van der Waals surface area contributed by atoms with Gasteiger partial charge in [-0.25, -0.2) is 4.98 Å². The molecule has 8 heteroatoms. The molecule has 0 spiro atoms. The van der Waals surface area contributed by atoms with Crippen molar-refractivity contribution in [2.45, 2.75) is 38.8 Å². The third kappa shape index (κ3) is 3.79. The second-order valence-corrected chi connectivity index (χ2v) is 8.53. The summed E-state index contributed by atoms with van der Waals surface area (Å²) in [6.07, 6.45) is 0.847. The van der Waals surface area contributed by atoms with Gasteiger partial charge < -0.3 is 10.2 Å². The summed E-state index contributed by atoms with van der Waals surface area (Å²) in [4.78, 5) is 31.7. The maximum Gasteiger partial charge on any atom is 0.245 e. The number of halogens is 1. The van der Waals surface area contributed by atoms with Gasteiger partial charge in [-0.3, -0.25) is 9.59 Å². The number of hydrogen-bond donors (Lipinski definition) is 1. The molecule has 0 aromatic carbocycles. The number of carbonyl (C=O) groups is 2. The average Bonchev–Trinajstić information content (AvgIpc) is 3.21. The van der Waals surface area contributed by atoms with Gasteiger partial charge in [0.15, 0.2) is 0 Å². The van der Waals surface area contributed by atoms with Gasteiger partial charge in [0.05, 0.1) is 21.3 Å². The van der Waals surface area contributed by atoms with Crippen LogP contribution in [0.3, 0.4) is 0 Å². The van der Waals surface area contributed by atoms with Gasteiger partial charge in [-0.15, -0.1) is 22.7 Å². The Bertz CT molecular complexity index is 756. The van der Waals surface area contributed by atoms with Crippen molar-refractivity contribution in [1.82, 2.24) is 15.2 Å². The Kier molecular flexibility index (Phi) is 5.22. The van der Waals surface area contributed by atoms with Gasteiger partial charge >= 0.3 is 0 Å². The van der Waals surface area contributed by atoms with Gasteiger partial charge in [-0.1, -0.05) is 11.6 Å². The number of likely N-dealkylation sites (tertiary alicyclic amines) is 1. The van der Waals surface area contributed by atoms with Gasteiger partial charge in [-0.05, 0) is 32.4 Å². The largest absolute Gasteiger partial charge is 0.344 e. The summed E-state index contributed by atoms with van der Waals surface area (Å²) in [5, 5.41) is 5.56. The number of rotatable bonds is 5. The van der Waals surface area contributed by atoms with Crippen molar-refractivity contribution in [3.63, 3.8) is 0 Å². The van der Waals surface area contributed by atoms with Crippen LogP contribution in [0.4, 0.5) is 0 Å². The molecule has 2 aromatic heterocycles. The normalized spacial score (nSPS) is 17.8. The fourth-order valence-corrected chi connectivity index (χ4v) is 4.62. The Morgan fingerprint density at radius 3 is 2.92 bits per heavy atom.